The molecule has 0 radical (unpaired) electrons. The maximum absolute atomic E-state index is 11.8. The third-order valence-corrected chi connectivity index (χ3v) is 2.82. The molecule has 0 spiro atoms. The number of nitrogens with one attached hydrogen (secondary N) is 3. The second-order valence-electron chi connectivity index (χ2n) is 4.76. The molecule has 22 heavy (non-hydrogen) atoms. The molecule has 3 N–H and O–H groups in total. The van der Waals surface area contributed by atoms with Crippen LogP contribution in [0, 0.1) is 0 Å². The lowest BCUT2D eigenvalue weighted by Gasteiger charge is -2.09. The van der Waals surface area contributed by atoms with Crippen LogP contribution in [0.2, 0.25) is 0 Å². The Labute approximate surface area is 129 Å². The van der Waals surface area contributed by atoms with Crippen LogP contribution in [0.25, 0.3) is 0 Å². The lowest BCUT2D eigenvalue weighted by molar-refractivity contribution is -0.112. The van der Waals surface area contributed by atoms with Crippen molar-refractivity contribution in [2.75, 3.05) is 16.0 Å². The van der Waals surface area contributed by atoms with E-state index < -0.39 is 0 Å². The largest absolute Gasteiger partial charge is 0.323 e. The topological polar surface area (TPSA) is 70.2 Å². The predicted octanol–water partition coefficient (Wildman–Crippen LogP) is 3.85. The van der Waals surface area contributed by atoms with Gasteiger partial charge in [0.2, 0.25) is 0 Å². The van der Waals surface area contributed by atoms with Crippen molar-refractivity contribution in [3.05, 3.63) is 66.7 Å². The van der Waals surface area contributed by atoms with Crippen molar-refractivity contribution in [1.29, 1.82) is 0 Å². The molecule has 0 fully saturated rings. The fourth-order valence-corrected chi connectivity index (χ4v) is 1.69. The van der Waals surface area contributed by atoms with Crippen LogP contribution in [-0.2, 0) is 4.79 Å². The molecule has 0 atom stereocenters. The van der Waals surface area contributed by atoms with Gasteiger partial charge in [0.1, 0.15) is 0 Å². The molecule has 3 amide bonds. The molecule has 0 aliphatic carbocycles. The Balaban J connectivity index is 1.92. The molecule has 0 saturated heterocycles. The molecule has 0 aliphatic heterocycles. The standard InChI is InChI=1S/C17H17N3O2/c1-12(2)16(21)18-14-8-10-15(11-9-14)20-17(22)19-13-6-4-3-5-7-13/h3-11H,1H2,2H3,(H,18,21)(H2,19,20,22). The van der Waals surface area contributed by atoms with Crippen LogP contribution >= 0.6 is 0 Å². The van der Waals surface area contributed by atoms with Gasteiger partial charge in [-0.25, -0.2) is 4.79 Å². The molecule has 0 heterocycles. The van der Waals surface area contributed by atoms with E-state index in [9.17, 15) is 9.59 Å². The number of rotatable bonds is 4. The van der Waals surface area contributed by atoms with E-state index in [1.807, 2.05) is 18.2 Å². The van der Waals surface area contributed by atoms with E-state index in [4.69, 9.17) is 0 Å². The van der Waals surface area contributed by atoms with Gasteiger partial charge in [-0.15, -0.1) is 0 Å². The fraction of sp³-hybridized carbons (Fsp3) is 0.0588. The molecule has 2 aromatic carbocycles. The summed E-state index contributed by atoms with van der Waals surface area (Å²) < 4.78 is 0. The molecule has 0 aliphatic rings. The summed E-state index contributed by atoms with van der Waals surface area (Å²) >= 11 is 0. The Hall–Kier alpha value is -3.08. The molecule has 2 aromatic rings. The van der Waals surface area contributed by atoms with Gasteiger partial charge in [-0.2, -0.15) is 0 Å². The summed E-state index contributed by atoms with van der Waals surface area (Å²) in [6.07, 6.45) is 0. The summed E-state index contributed by atoms with van der Waals surface area (Å²) in [6, 6.07) is 15.7. The van der Waals surface area contributed by atoms with Gasteiger partial charge in [0.25, 0.3) is 5.91 Å². The zero-order valence-corrected chi connectivity index (χ0v) is 12.2. The average Bonchev–Trinajstić information content (AvgIpc) is 2.50. The van der Waals surface area contributed by atoms with E-state index in [-0.39, 0.29) is 11.9 Å². The van der Waals surface area contributed by atoms with Crippen molar-refractivity contribution in [3.63, 3.8) is 0 Å². The smallest absolute Gasteiger partial charge is 0.322 e. The Kier molecular flexibility index (Phi) is 4.93. The third kappa shape index (κ3) is 4.49. The summed E-state index contributed by atoms with van der Waals surface area (Å²) in [5.41, 5.74) is 2.42. The lowest BCUT2D eigenvalue weighted by Crippen LogP contribution is -2.19. The van der Waals surface area contributed by atoms with Gasteiger partial charge in [-0.05, 0) is 43.3 Å². The normalized spacial score (nSPS) is 9.68. The maximum atomic E-state index is 11.8. The minimum atomic E-state index is -0.329. The molecule has 0 saturated carbocycles. The summed E-state index contributed by atoms with van der Waals surface area (Å²) in [7, 11) is 0. The lowest BCUT2D eigenvalue weighted by atomic mass is 10.2. The second-order valence-corrected chi connectivity index (χ2v) is 4.76. The first-order chi connectivity index (χ1) is 10.5. The summed E-state index contributed by atoms with van der Waals surface area (Å²) in [5.74, 6) is -0.234. The summed E-state index contributed by atoms with van der Waals surface area (Å²) in [5, 5.41) is 8.13. The van der Waals surface area contributed by atoms with Crippen LogP contribution in [0.15, 0.2) is 66.7 Å². The van der Waals surface area contributed by atoms with Crippen molar-refractivity contribution in [2.24, 2.45) is 0 Å². The highest BCUT2D eigenvalue weighted by Gasteiger charge is 2.04. The van der Waals surface area contributed by atoms with Gasteiger partial charge in [-0.1, -0.05) is 24.8 Å². The van der Waals surface area contributed by atoms with E-state index >= 15 is 0 Å². The number of carbonyl (C=O) groups excluding carboxylic acids is 2. The van der Waals surface area contributed by atoms with Crippen LogP contribution in [0.3, 0.4) is 0 Å². The Morgan fingerprint density at radius 2 is 1.23 bits per heavy atom. The molecule has 0 bridgehead atoms. The summed E-state index contributed by atoms with van der Waals surface area (Å²) in [4.78, 5) is 23.3. The van der Waals surface area contributed by atoms with Gasteiger partial charge in [-0.3, -0.25) is 4.79 Å². The fourth-order valence-electron chi connectivity index (χ4n) is 1.69. The van der Waals surface area contributed by atoms with Crippen molar-refractivity contribution in [3.8, 4) is 0 Å². The first-order valence-electron chi connectivity index (χ1n) is 6.74. The van der Waals surface area contributed by atoms with Gasteiger partial charge in [0.15, 0.2) is 0 Å². The van der Waals surface area contributed by atoms with Gasteiger partial charge in [0, 0.05) is 22.6 Å². The summed E-state index contributed by atoms with van der Waals surface area (Å²) in [6.45, 7) is 5.21. The van der Waals surface area contributed by atoms with Crippen LogP contribution in [-0.4, -0.2) is 11.9 Å². The van der Waals surface area contributed by atoms with Crippen LogP contribution in [0.1, 0.15) is 6.92 Å². The van der Waals surface area contributed by atoms with E-state index in [0.717, 1.165) is 0 Å². The number of amides is 3. The van der Waals surface area contributed by atoms with Gasteiger partial charge < -0.3 is 16.0 Å². The minimum absolute atomic E-state index is 0.234. The average molecular weight is 295 g/mol. The number of hydrogen-bond donors (Lipinski definition) is 3. The van der Waals surface area contributed by atoms with E-state index in [1.54, 1.807) is 43.3 Å². The highest BCUT2D eigenvalue weighted by atomic mass is 16.2. The number of anilines is 3. The number of para-hydroxylation sites is 1. The molecule has 5 nitrogen and oxygen atoms in total. The van der Waals surface area contributed by atoms with E-state index in [1.165, 1.54) is 0 Å². The first kappa shape index (κ1) is 15.3. The zero-order chi connectivity index (χ0) is 15.9. The Morgan fingerprint density at radius 1 is 0.773 bits per heavy atom. The number of benzene rings is 2. The molecule has 112 valence electrons. The first-order valence-corrected chi connectivity index (χ1v) is 6.74. The zero-order valence-electron chi connectivity index (χ0n) is 12.2. The van der Waals surface area contributed by atoms with Crippen LogP contribution in [0.5, 0.6) is 0 Å². The SMILES string of the molecule is C=C(C)C(=O)Nc1ccc(NC(=O)Nc2ccccc2)cc1. The predicted molar refractivity (Wildman–Crippen MR) is 89.0 cm³/mol. The third-order valence-electron chi connectivity index (χ3n) is 2.82. The molecule has 0 aromatic heterocycles. The van der Waals surface area contributed by atoms with Crippen molar-refractivity contribution in [2.45, 2.75) is 6.92 Å². The van der Waals surface area contributed by atoms with Crippen molar-refractivity contribution < 1.29 is 9.59 Å². The number of urea groups is 1. The minimum Gasteiger partial charge on any atom is -0.322 e. The Bertz CT molecular complexity index is 679. The van der Waals surface area contributed by atoms with E-state index in [0.29, 0.717) is 22.6 Å². The number of hydrogen-bond acceptors (Lipinski definition) is 2. The van der Waals surface area contributed by atoms with Gasteiger partial charge in [0.05, 0.1) is 0 Å². The van der Waals surface area contributed by atoms with Crippen molar-refractivity contribution in [1.82, 2.24) is 0 Å². The maximum Gasteiger partial charge on any atom is 0.323 e. The second kappa shape index (κ2) is 7.08. The van der Waals surface area contributed by atoms with Crippen LogP contribution < -0.4 is 16.0 Å². The molecule has 2 rings (SSSR count). The highest BCUT2D eigenvalue weighted by Crippen LogP contribution is 2.15. The van der Waals surface area contributed by atoms with Gasteiger partial charge >= 0.3 is 6.03 Å². The number of carbonyl (C=O) groups is 2. The monoisotopic (exact) mass is 295 g/mol. The van der Waals surface area contributed by atoms with E-state index in [2.05, 4.69) is 22.5 Å². The van der Waals surface area contributed by atoms with Crippen LogP contribution in [0.4, 0.5) is 21.9 Å². The molecular formula is C17H17N3O2. The van der Waals surface area contributed by atoms with Crippen molar-refractivity contribution >= 4 is 29.0 Å². The molecular weight excluding hydrogens is 278 g/mol. The Morgan fingerprint density at radius 3 is 1.73 bits per heavy atom. The molecule has 5 heteroatoms. The molecule has 0 unspecified atom stereocenters. The quantitative estimate of drug-likeness (QED) is 0.750. The highest BCUT2D eigenvalue weighted by molar-refractivity contribution is 6.03.